The van der Waals surface area contributed by atoms with Gasteiger partial charge in [-0.05, 0) is 46.6 Å². The lowest BCUT2D eigenvalue weighted by molar-refractivity contribution is -0.123. The Morgan fingerprint density at radius 3 is 2.59 bits per heavy atom. The van der Waals surface area contributed by atoms with Gasteiger partial charge in [-0.1, -0.05) is 46.3 Å². The van der Waals surface area contributed by atoms with E-state index in [2.05, 4.69) is 42.4 Å². The van der Waals surface area contributed by atoms with Gasteiger partial charge in [-0.15, -0.1) is 0 Å². The lowest BCUT2D eigenvalue weighted by Gasteiger charge is -2.08. The predicted molar refractivity (Wildman–Crippen MR) is 94.1 cm³/mol. The molecule has 1 amide bonds. The highest BCUT2D eigenvalue weighted by Crippen LogP contribution is 2.27. The van der Waals surface area contributed by atoms with Crippen molar-refractivity contribution in [2.45, 2.75) is 6.92 Å². The molecular formula is C16H14Br2N2O2. The number of nitrogens with one attached hydrogen (secondary N) is 1. The number of halogens is 2. The fourth-order valence-electron chi connectivity index (χ4n) is 1.66. The van der Waals surface area contributed by atoms with Crippen LogP contribution in [0.1, 0.15) is 12.5 Å². The topological polar surface area (TPSA) is 50.7 Å². The molecule has 0 heterocycles. The Bertz CT molecular complexity index is 688. The molecule has 0 fully saturated rings. The highest BCUT2D eigenvalue weighted by Gasteiger charge is 2.06. The number of carbonyl (C=O) groups excluding carboxylic acids is 1. The molecule has 0 radical (unpaired) electrons. The van der Waals surface area contributed by atoms with Crippen LogP contribution in [0.15, 0.2) is 62.6 Å². The van der Waals surface area contributed by atoms with Gasteiger partial charge in [0.05, 0.1) is 10.2 Å². The Kier molecular flexibility index (Phi) is 6.15. The van der Waals surface area contributed by atoms with Crippen molar-refractivity contribution in [3.05, 3.63) is 63.0 Å². The molecule has 2 rings (SSSR count). The molecule has 0 aliphatic rings. The second kappa shape index (κ2) is 8.10. The fraction of sp³-hybridized carbons (Fsp3) is 0.125. The van der Waals surface area contributed by atoms with Crippen LogP contribution in [0.3, 0.4) is 0 Å². The molecule has 0 saturated heterocycles. The molecule has 4 nitrogen and oxygen atoms in total. The first-order valence-corrected chi connectivity index (χ1v) is 8.11. The molecule has 6 heteroatoms. The molecule has 1 N–H and O–H groups in total. The van der Waals surface area contributed by atoms with Gasteiger partial charge < -0.3 is 4.74 Å². The summed E-state index contributed by atoms with van der Waals surface area (Å²) in [6.07, 6.45) is 0. The van der Waals surface area contributed by atoms with E-state index in [1.165, 1.54) is 0 Å². The van der Waals surface area contributed by atoms with Crippen molar-refractivity contribution in [3.63, 3.8) is 0 Å². The first kappa shape index (κ1) is 16.7. The van der Waals surface area contributed by atoms with Crippen LogP contribution in [0.2, 0.25) is 0 Å². The van der Waals surface area contributed by atoms with E-state index < -0.39 is 0 Å². The number of amides is 1. The minimum Gasteiger partial charge on any atom is -0.483 e. The molecule has 0 atom stereocenters. The molecular weight excluding hydrogens is 412 g/mol. The van der Waals surface area contributed by atoms with E-state index in [9.17, 15) is 4.79 Å². The maximum atomic E-state index is 11.8. The van der Waals surface area contributed by atoms with Crippen molar-refractivity contribution < 1.29 is 9.53 Å². The van der Waals surface area contributed by atoms with Gasteiger partial charge in [-0.2, -0.15) is 5.10 Å². The number of hydrogen-bond acceptors (Lipinski definition) is 3. The molecule has 2 aromatic carbocycles. The van der Waals surface area contributed by atoms with Gasteiger partial charge in [-0.25, -0.2) is 5.43 Å². The summed E-state index contributed by atoms with van der Waals surface area (Å²) in [5, 5.41) is 4.06. The van der Waals surface area contributed by atoms with E-state index in [0.29, 0.717) is 5.75 Å². The molecule has 0 aromatic heterocycles. The van der Waals surface area contributed by atoms with E-state index in [4.69, 9.17) is 4.74 Å². The molecule has 114 valence electrons. The number of hydrazone groups is 1. The van der Waals surface area contributed by atoms with Gasteiger partial charge in [0.1, 0.15) is 5.75 Å². The summed E-state index contributed by atoms with van der Waals surface area (Å²) in [4.78, 5) is 11.8. The van der Waals surface area contributed by atoms with Gasteiger partial charge in [0.25, 0.3) is 5.91 Å². The van der Waals surface area contributed by atoms with Crippen LogP contribution in [0.5, 0.6) is 5.75 Å². The molecule has 0 spiro atoms. The maximum Gasteiger partial charge on any atom is 0.277 e. The Morgan fingerprint density at radius 1 is 1.18 bits per heavy atom. The fourth-order valence-corrected chi connectivity index (χ4v) is 2.82. The van der Waals surface area contributed by atoms with Crippen LogP contribution >= 0.6 is 31.9 Å². The highest BCUT2D eigenvalue weighted by molar-refractivity contribution is 9.11. The third kappa shape index (κ3) is 4.96. The Morgan fingerprint density at radius 2 is 1.91 bits per heavy atom. The van der Waals surface area contributed by atoms with E-state index in [0.717, 1.165) is 20.2 Å². The minimum absolute atomic E-state index is 0.105. The van der Waals surface area contributed by atoms with Gasteiger partial charge >= 0.3 is 0 Å². The predicted octanol–water partition coefficient (Wildman–Crippen LogP) is 4.13. The normalized spacial score (nSPS) is 11.1. The first-order valence-electron chi connectivity index (χ1n) is 6.52. The average Bonchev–Trinajstić information content (AvgIpc) is 2.52. The summed E-state index contributed by atoms with van der Waals surface area (Å²) in [5.74, 6) is 0.284. The standard InChI is InChI=1S/C16H14Br2N2O2/c1-11(12-5-3-2-4-6-12)19-20-16(21)10-22-15-8-7-13(17)9-14(15)18/h2-9H,10H2,1H3,(H,20,21). The Balaban J connectivity index is 1.88. The van der Waals surface area contributed by atoms with Crippen LogP contribution in [-0.2, 0) is 4.79 Å². The van der Waals surface area contributed by atoms with E-state index >= 15 is 0 Å². The number of carbonyl (C=O) groups is 1. The summed E-state index contributed by atoms with van der Waals surface area (Å²) in [6, 6.07) is 15.1. The zero-order chi connectivity index (χ0) is 15.9. The largest absolute Gasteiger partial charge is 0.483 e. The quantitative estimate of drug-likeness (QED) is 0.578. The lowest BCUT2D eigenvalue weighted by atomic mass is 10.1. The van der Waals surface area contributed by atoms with Crippen molar-refractivity contribution >= 4 is 43.5 Å². The highest BCUT2D eigenvalue weighted by atomic mass is 79.9. The third-order valence-electron chi connectivity index (χ3n) is 2.79. The summed E-state index contributed by atoms with van der Waals surface area (Å²) in [7, 11) is 0. The number of hydrogen-bond donors (Lipinski definition) is 1. The SMILES string of the molecule is CC(=NNC(=O)COc1ccc(Br)cc1Br)c1ccccc1. The number of benzene rings is 2. The molecule has 0 aliphatic heterocycles. The Hall–Kier alpha value is -1.66. The molecule has 2 aromatic rings. The summed E-state index contributed by atoms with van der Waals surface area (Å²) >= 11 is 6.73. The second-order valence-electron chi connectivity index (χ2n) is 4.46. The van der Waals surface area contributed by atoms with Gasteiger partial charge in [-0.3, -0.25) is 4.79 Å². The smallest absolute Gasteiger partial charge is 0.277 e. The van der Waals surface area contributed by atoms with Crippen molar-refractivity contribution in [3.8, 4) is 5.75 Å². The zero-order valence-corrected chi connectivity index (χ0v) is 15.0. The number of ether oxygens (including phenoxy) is 1. The summed E-state index contributed by atoms with van der Waals surface area (Å²) < 4.78 is 7.15. The third-order valence-corrected chi connectivity index (χ3v) is 3.91. The van der Waals surface area contributed by atoms with Crippen LogP contribution in [0.4, 0.5) is 0 Å². The molecule has 0 unspecified atom stereocenters. The first-order chi connectivity index (χ1) is 10.6. The zero-order valence-electron chi connectivity index (χ0n) is 11.8. The summed E-state index contributed by atoms with van der Waals surface area (Å²) in [6.45, 7) is 1.73. The minimum atomic E-state index is -0.315. The lowest BCUT2D eigenvalue weighted by Crippen LogP contribution is -2.25. The molecule has 0 aliphatic carbocycles. The van der Waals surface area contributed by atoms with Crippen molar-refractivity contribution in [2.75, 3.05) is 6.61 Å². The van der Waals surface area contributed by atoms with E-state index in [1.54, 1.807) is 6.07 Å². The van der Waals surface area contributed by atoms with Crippen molar-refractivity contribution in [2.24, 2.45) is 5.10 Å². The average molecular weight is 426 g/mol. The Labute approximate surface area is 145 Å². The van der Waals surface area contributed by atoms with Crippen molar-refractivity contribution in [1.82, 2.24) is 5.43 Å². The molecule has 0 saturated carbocycles. The van der Waals surface area contributed by atoms with Gasteiger partial charge in [0.2, 0.25) is 0 Å². The number of nitrogens with zero attached hydrogens (tertiary/aromatic N) is 1. The second-order valence-corrected chi connectivity index (χ2v) is 6.23. The van der Waals surface area contributed by atoms with Gasteiger partial charge in [0, 0.05) is 4.47 Å². The summed E-state index contributed by atoms with van der Waals surface area (Å²) in [5.41, 5.74) is 4.17. The van der Waals surface area contributed by atoms with Crippen LogP contribution in [0.25, 0.3) is 0 Å². The molecule has 0 bridgehead atoms. The molecule has 22 heavy (non-hydrogen) atoms. The van der Waals surface area contributed by atoms with Crippen molar-refractivity contribution in [1.29, 1.82) is 0 Å². The maximum absolute atomic E-state index is 11.8. The van der Waals surface area contributed by atoms with E-state index in [-0.39, 0.29) is 12.5 Å². The van der Waals surface area contributed by atoms with Crippen LogP contribution in [-0.4, -0.2) is 18.2 Å². The van der Waals surface area contributed by atoms with Crippen LogP contribution in [0, 0.1) is 0 Å². The van der Waals surface area contributed by atoms with Crippen LogP contribution < -0.4 is 10.2 Å². The van der Waals surface area contributed by atoms with E-state index in [1.807, 2.05) is 49.4 Å². The van der Waals surface area contributed by atoms with Gasteiger partial charge in [0.15, 0.2) is 6.61 Å². The monoisotopic (exact) mass is 424 g/mol. The number of rotatable bonds is 5.